The van der Waals surface area contributed by atoms with E-state index in [9.17, 15) is 29.8 Å². The number of hydrogen-bond acceptors (Lipinski definition) is 12. The molecule has 0 aliphatic carbocycles. The minimum Gasteiger partial charge on any atom is -0.379 e. The zero-order chi connectivity index (χ0) is 27.7. The van der Waals surface area contributed by atoms with E-state index in [0.29, 0.717) is 31.7 Å². The average molecular weight is 545 g/mol. The fourth-order valence-corrected chi connectivity index (χ4v) is 3.63. The molecule has 2 atom stereocenters. The zero-order valence-corrected chi connectivity index (χ0v) is 21.5. The van der Waals surface area contributed by atoms with E-state index in [2.05, 4.69) is 27.2 Å². The van der Waals surface area contributed by atoms with Crippen molar-refractivity contribution in [1.29, 1.82) is 0 Å². The minimum atomic E-state index is -0.836. The summed E-state index contributed by atoms with van der Waals surface area (Å²) in [6, 6.07) is 0.636. The standard InChI is InChI=1S/C10H14N4O4.C5H4ClN3O3.C5H11NO/c1-6-5-18-4-3-13(6)10-11-7(2)8(14(16)17)9(15)12-10;1-2-3(9(11)12)4(10)8-5(6)7-2;1-5-4-7-3-2-6-5/h6H,3-5H2,1-2H3,(H,11,12,15);1H3,(H,7,8,10);5-6H,2-4H2,1H3/t6-;;5-/m0.0/s1. The number of nitrogens with zero attached hydrogens (tertiary/aromatic N) is 5. The van der Waals surface area contributed by atoms with Crippen molar-refractivity contribution in [1.82, 2.24) is 25.3 Å². The van der Waals surface area contributed by atoms with Crippen LogP contribution in [0, 0.1) is 34.1 Å². The Morgan fingerprint density at radius 1 is 0.946 bits per heavy atom. The summed E-state index contributed by atoms with van der Waals surface area (Å²) in [4.78, 5) is 56.0. The number of ether oxygens (including phenoxy) is 2. The predicted octanol–water partition coefficient (Wildman–Crippen LogP) is 0.846. The normalized spacial score (nSPS) is 19.1. The molecule has 4 heterocycles. The van der Waals surface area contributed by atoms with Gasteiger partial charge in [-0.2, -0.15) is 0 Å². The van der Waals surface area contributed by atoms with Gasteiger partial charge in [0.25, 0.3) is 0 Å². The highest BCUT2D eigenvalue weighted by Crippen LogP contribution is 2.17. The number of halogens is 1. The summed E-state index contributed by atoms with van der Waals surface area (Å²) in [7, 11) is 0. The van der Waals surface area contributed by atoms with Gasteiger partial charge in [0.2, 0.25) is 11.2 Å². The SMILES string of the molecule is C[C@H]1COCCN1.Cc1nc(Cl)[nH]c(=O)c1[N+](=O)[O-].Cc1nc(N2CCOC[C@@H]2C)[nH]c(=O)c1[N+](=O)[O-]. The largest absolute Gasteiger partial charge is 0.379 e. The third kappa shape index (κ3) is 8.56. The van der Waals surface area contributed by atoms with Gasteiger partial charge in [0.1, 0.15) is 11.4 Å². The Bertz CT molecular complexity index is 1210. The fraction of sp³-hybridized carbons (Fsp3) is 0.600. The van der Waals surface area contributed by atoms with Crippen LogP contribution in [0.15, 0.2) is 9.59 Å². The Morgan fingerprint density at radius 2 is 1.51 bits per heavy atom. The zero-order valence-electron chi connectivity index (χ0n) is 20.8. The molecule has 2 aliphatic heterocycles. The Balaban J connectivity index is 0.000000217. The lowest BCUT2D eigenvalue weighted by Crippen LogP contribution is -2.45. The molecule has 37 heavy (non-hydrogen) atoms. The van der Waals surface area contributed by atoms with Crippen molar-refractivity contribution in [3.05, 3.63) is 57.6 Å². The number of hydrogen-bond donors (Lipinski definition) is 3. The molecule has 0 amide bonds. The summed E-state index contributed by atoms with van der Waals surface area (Å²) >= 11 is 5.34. The van der Waals surface area contributed by atoms with Gasteiger partial charge in [-0.1, -0.05) is 0 Å². The van der Waals surface area contributed by atoms with Crippen LogP contribution in [0.1, 0.15) is 25.2 Å². The number of nitrogens with one attached hydrogen (secondary N) is 3. The van der Waals surface area contributed by atoms with Crippen LogP contribution >= 0.6 is 11.6 Å². The summed E-state index contributed by atoms with van der Waals surface area (Å²) in [5.41, 5.74) is -2.50. The molecule has 2 aromatic rings. The molecule has 2 saturated heterocycles. The lowest BCUT2D eigenvalue weighted by molar-refractivity contribution is -0.387. The van der Waals surface area contributed by atoms with Crippen molar-refractivity contribution < 1.29 is 19.3 Å². The second-order valence-corrected chi connectivity index (χ2v) is 8.53. The first kappa shape index (κ1) is 29.8. The molecule has 2 fully saturated rings. The van der Waals surface area contributed by atoms with E-state index in [1.807, 2.05) is 16.8 Å². The van der Waals surface area contributed by atoms with Crippen LogP contribution in [0.2, 0.25) is 5.28 Å². The number of aromatic amines is 2. The van der Waals surface area contributed by atoms with E-state index < -0.39 is 32.3 Å². The second kappa shape index (κ2) is 13.7. The van der Waals surface area contributed by atoms with E-state index in [4.69, 9.17) is 21.1 Å². The van der Waals surface area contributed by atoms with Crippen molar-refractivity contribution in [2.75, 3.05) is 44.4 Å². The van der Waals surface area contributed by atoms with E-state index >= 15 is 0 Å². The van der Waals surface area contributed by atoms with Gasteiger partial charge in [0.05, 0.1) is 42.3 Å². The van der Waals surface area contributed by atoms with Gasteiger partial charge in [0.15, 0.2) is 0 Å². The smallest absolute Gasteiger partial charge is 0.354 e. The van der Waals surface area contributed by atoms with Crippen LogP contribution in [0.5, 0.6) is 0 Å². The van der Waals surface area contributed by atoms with Crippen LogP contribution in [0.4, 0.5) is 17.3 Å². The number of morpholine rings is 2. The maximum absolute atomic E-state index is 11.7. The molecule has 0 aromatic carbocycles. The summed E-state index contributed by atoms with van der Waals surface area (Å²) < 4.78 is 10.4. The molecule has 2 aromatic heterocycles. The van der Waals surface area contributed by atoms with Gasteiger partial charge < -0.3 is 19.7 Å². The van der Waals surface area contributed by atoms with Gasteiger partial charge in [-0.05, 0) is 39.3 Å². The molecular weight excluding hydrogens is 516 g/mol. The lowest BCUT2D eigenvalue weighted by atomic mass is 10.2. The number of nitro groups is 2. The minimum absolute atomic E-state index is 0.00810. The summed E-state index contributed by atoms with van der Waals surface area (Å²) in [6.07, 6.45) is 0. The van der Waals surface area contributed by atoms with Crippen molar-refractivity contribution >= 4 is 28.9 Å². The van der Waals surface area contributed by atoms with Gasteiger partial charge in [-0.3, -0.25) is 39.8 Å². The van der Waals surface area contributed by atoms with Crippen molar-refractivity contribution in [3.8, 4) is 0 Å². The van der Waals surface area contributed by atoms with Gasteiger partial charge in [-0.25, -0.2) is 9.97 Å². The van der Waals surface area contributed by atoms with Crippen molar-refractivity contribution in [2.24, 2.45) is 0 Å². The highest BCUT2D eigenvalue weighted by Gasteiger charge is 2.25. The molecule has 0 spiro atoms. The Morgan fingerprint density at radius 3 is 1.95 bits per heavy atom. The molecule has 2 aliphatic rings. The molecule has 0 unspecified atom stereocenters. The monoisotopic (exact) mass is 544 g/mol. The molecule has 0 radical (unpaired) electrons. The summed E-state index contributed by atoms with van der Waals surface area (Å²) in [6.45, 7) is 11.3. The number of H-pyrrole nitrogens is 2. The van der Waals surface area contributed by atoms with Crippen LogP contribution in [0.3, 0.4) is 0 Å². The molecule has 0 saturated carbocycles. The maximum atomic E-state index is 11.7. The van der Waals surface area contributed by atoms with Gasteiger partial charge in [-0.15, -0.1) is 0 Å². The van der Waals surface area contributed by atoms with Crippen LogP contribution < -0.4 is 21.3 Å². The molecule has 0 bridgehead atoms. The first-order chi connectivity index (χ1) is 17.4. The quantitative estimate of drug-likeness (QED) is 0.278. The fourth-order valence-electron chi connectivity index (χ4n) is 3.41. The first-order valence-electron chi connectivity index (χ1n) is 11.2. The number of rotatable bonds is 3. The first-order valence-corrected chi connectivity index (χ1v) is 11.6. The van der Waals surface area contributed by atoms with Crippen LogP contribution in [-0.2, 0) is 9.47 Å². The molecule has 17 heteroatoms. The second-order valence-electron chi connectivity index (χ2n) is 8.18. The van der Waals surface area contributed by atoms with Crippen molar-refractivity contribution in [2.45, 2.75) is 39.8 Å². The topological polar surface area (TPSA) is 212 Å². The number of aryl methyl sites for hydroxylation is 2. The molecular formula is C20H29ClN8O8. The van der Waals surface area contributed by atoms with Crippen LogP contribution in [0.25, 0.3) is 0 Å². The highest BCUT2D eigenvalue weighted by atomic mass is 35.5. The van der Waals surface area contributed by atoms with Gasteiger partial charge >= 0.3 is 22.5 Å². The van der Waals surface area contributed by atoms with Crippen LogP contribution in [-0.4, -0.2) is 81.4 Å². The van der Waals surface area contributed by atoms with E-state index in [1.54, 1.807) is 0 Å². The number of anilines is 1. The average Bonchev–Trinajstić information content (AvgIpc) is 2.79. The Kier molecular flexibility index (Phi) is 11.0. The molecule has 3 N–H and O–H groups in total. The van der Waals surface area contributed by atoms with E-state index in [-0.39, 0.29) is 22.7 Å². The van der Waals surface area contributed by atoms with Gasteiger partial charge in [0, 0.05) is 19.1 Å². The molecule has 16 nitrogen and oxygen atoms in total. The third-order valence-electron chi connectivity index (χ3n) is 5.21. The van der Waals surface area contributed by atoms with E-state index in [0.717, 1.165) is 19.8 Å². The van der Waals surface area contributed by atoms with Crippen molar-refractivity contribution in [3.63, 3.8) is 0 Å². The Labute approximate surface area is 215 Å². The molecule has 204 valence electrons. The molecule has 4 rings (SSSR count). The van der Waals surface area contributed by atoms with E-state index in [1.165, 1.54) is 13.8 Å². The maximum Gasteiger partial charge on any atom is 0.354 e. The summed E-state index contributed by atoms with van der Waals surface area (Å²) in [5, 5.41) is 24.1. The highest BCUT2D eigenvalue weighted by molar-refractivity contribution is 6.28. The third-order valence-corrected chi connectivity index (χ3v) is 5.39. The lowest BCUT2D eigenvalue weighted by Gasteiger charge is -2.33. The predicted molar refractivity (Wildman–Crippen MR) is 133 cm³/mol. The number of aromatic nitrogens is 4. The summed E-state index contributed by atoms with van der Waals surface area (Å²) in [5.74, 6) is 0.360. The Hall–Kier alpha value is -3.47.